The van der Waals surface area contributed by atoms with Crippen molar-refractivity contribution in [2.45, 2.75) is 6.54 Å². The highest BCUT2D eigenvalue weighted by atomic mass is 32.1. The summed E-state index contributed by atoms with van der Waals surface area (Å²) in [4.78, 5) is 15.9. The van der Waals surface area contributed by atoms with E-state index in [1.807, 2.05) is 24.4 Å². The van der Waals surface area contributed by atoms with Crippen LogP contribution in [0.4, 0.5) is 10.8 Å². The van der Waals surface area contributed by atoms with Crippen LogP contribution in [0.25, 0.3) is 10.6 Å². The molecule has 1 aliphatic rings. The van der Waals surface area contributed by atoms with E-state index >= 15 is 0 Å². The van der Waals surface area contributed by atoms with Crippen LogP contribution in [0.2, 0.25) is 0 Å². The topological polar surface area (TPSA) is 105 Å². The number of carbonyl (C=O) groups is 1. The number of nitrogen functional groups attached to an aromatic ring is 1. The van der Waals surface area contributed by atoms with Crippen molar-refractivity contribution in [3.8, 4) is 10.6 Å². The highest BCUT2D eigenvalue weighted by Gasteiger charge is 2.11. The molecule has 8 heteroatoms. The summed E-state index contributed by atoms with van der Waals surface area (Å²) in [7, 11) is 0. The number of anilines is 2. The predicted molar refractivity (Wildman–Crippen MR) is 98.0 cm³/mol. The lowest BCUT2D eigenvalue weighted by Crippen LogP contribution is -2.29. The maximum Gasteiger partial charge on any atom is 0.265 e. The van der Waals surface area contributed by atoms with Gasteiger partial charge in [0, 0.05) is 23.0 Å². The van der Waals surface area contributed by atoms with Crippen molar-refractivity contribution < 1.29 is 4.79 Å². The van der Waals surface area contributed by atoms with Gasteiger partial charge in [-0.3, -0.25) is 15.2 Å². The lowest BCUT2D eigenvalue weighted by atomic mass is 10.1. The van der Waals surface area contributed by atoms with Crippen LogP contribution in [0.5, 0.6) is 0 Å². The second kappa shape index (κ2) is 6.42. The van der Waals surface area contributed by atoms with Gasteiger partial charge in [0.15, 0.2) is 0 Å². The van der Waals surface area contributed by atoms with Gasteiger partial charge in [-0.05, 0) is 35.4 Å². The molecule has 7 nitrogen and oxygen atoms in total. The Bertz CT molecular complexity index is 981. The third kappa shape index (κ3) is 3.12. The molecule has 25 heavy (non-hydrogen) atoms. The van der Waals surface area contributed by atoms with E-state index in [-0.39, 0.29) is 5.91 Å². The Balaban J connectivity index is 1.56. The molecular weight excluding hydrogens is 336 g/mol. The fourth-order valence-electron chi connectivity index (χ4n) is 2.57. The molecule has 2 heterocycles. The average molecular weight is 350 g/mol. The molecule has 124 valence electrons. The lowest BCUT2D eigenvalue weighted by molar-refractivity contribution is 0.0953. The monoisotopic (exact) mass is 350 g/mol. The number of aliphatic imine (C=N–C) groups is 1. The van der Waals surface area contributed by atoms with Gasteiger partial charge in [0.25, 0.3) is 5.91 Å². The summed E-state index contributed by atoms with van der Waals surface area (Å²) in [5.41, 5.74) is 6.69. The van der Waals surface area contributed by atoms with E-state index in [9.17, 15) is 4.79 Å². The SMILES string of the molecule is NNC(=O)c1cccc(-c2nnc(Nc3ccc4c(c3)C=NC4)s2)c1. The van der Waals surface area contributed by atoms with Crippen molar-refractivity contribution in [1.29, 1.82) is 0 Å². The lowest BCUT2D eigenvalue weighted by Gasteiger charge is -2.04. The summed E-state index contributed by atoms with van der Waals surface area (Å²) in [6.45, 7) is 0.741. The number of nitrogens with one attached hydrogen (secondary N) is 2. The first-order valence-electron chi connectivity index (χ1n) is 7.57. The van der Waals surface area contributed by atoms with Crippen molar-refractivity contribution in [3.05, 3.63) is 59.2 Å². The maximum absolute atomic E-state index is 11.6. The highest BCUT2D eigenvalue weighted by molar-refractivity contribution is 7.18. The van der Waals surface area contributed by atoms with E-state index in [4.69, 9.17) is 5.84 Å². The van der Waals surface area contributed by atoms with Crippen LogP contribution < -0.4 is 16.6 Å². The van der Waals surface area contributed by atoms with E-state index in [1.165, 1.54) is 16.9 Å². The summed E-state index contributed by atoms with van der Waals surface area (Å²) < 4.78 is 0. The molecule has 0 bridgehead atoms. The molecule has 1 amide bonds. The first-order chi connectivity index (χ1) is 12.2. The molecule has 0 spiro atoms. The van der Waals surface area contributed by atoms with Crippen molar-refractivity contribution >= 4 is 34.3 Å². The summed E-state index contributed by atoms with van der Waals surface area (Å²) in [5, 5.41) is 13.0. The number of nitrogens with two attached hydrogens (primary N) is 1. The van der Waals surface area contributed by atoms with Crippen LogP contribution in [0, 0.1) is 0 Å². The van der Waals surface area contributed by atoms with Crippen LogP contribution in [-0.4, -0.2) is 22.3 Å². The molecule has 4 rings (SSSR count). The Morgan fingerprint density at radius 2 is 2.08 bits per heavy atom. The van der Waals surface area contributed by atoms with Gasteiger partial charge in [0.05, 0.1) is 6.54 Å². The van der Waals surface area contributed by atoms with Gasteiger partial charge in [-0.15, -0.1) is 10.2 Å². The number of nitrogens with zero attached hydrogens (tertiary/aromatic N) is 3. The smallest absolute Gasteiger partial charge is 0.265 e. The summed E-state index contributed by atoms with van der Waals surface area (Å²) in [5.74, 6) is 4.83. The minimum atomic E-state index is -0.343. The number of carbonyl (C=O) groups excluding carboxylic acids is 1. The molecule has 3 aromatic rings. The molecule has 0 fully saturated rings. The standard InChI is InChI=1S/C17H14N6OS/c18-21-15(24)10-2-1-3-11(6-10)16-22-23-17(25-16)20-14-5-4-12-8-19-9-13(12)7-14/h1-7,9H,8,18H2,(H,20,23)(H,21,24). The molecule has 1 aromatic heterocycles. The zero-order valence-corrected chi connectivity index (χ0v) is 13.9. The number of benzene rings is 2. The van der Waals surface area contributed by atoms with Crippen LogP contribution in [0.3, 0.4) is 0 Å². The van der Waals surface area contributed by atoms with Crippen LogP contribution in [0.15, 0.2) is 47.5 Å². The zero-order chi connectivity index (χ0) is 17.2. The van der Waals surface area contributed by atoms with Gasteiger partial charge >= 0.3 is 0 Å². The zero-order valence-electron chi connectivity index (χ0n) is 13.1. The molecule has 0 unspecified atom stereocenters. The molecule has 0 aliphatic carbocycles. The summed E-state index contributed by atoms with van der Waals surface area (Å²) in [6, 6.07) is 13.2. The minimum Gasteiger partial charge on any atom is -0.330 e. The van der Waals surface area contributed by atoms with E-state index in [2.05, 4.69) is 32.0 Å². The molecule has 1 aliphatic heterocycles. The first-order valence-corrected chi connectivity index (χ1v) is 8.39. The van der Waals surface area contributed by atoms with Gasteiger partial charge in [0.2, 0.25) is 5.13 Å². The minimum absolute atomic E-state index is 0.343. The highest BCUT2D eigenvalue weighted by Crippen LogP contribution is 2.29. The molecule has 2 aromatic carbocycles. The Morgan fingerprint density at radius 1 is 1.16 bits per heavy atom. The largest absolute Gasteiger partial charge is 0.330 e. The summed E-state index contributed by atoms with van der Waals surface area (Å²) >= 11 is 1.41. The second-order valence-electron chi connectivity index (χ2n) is 5.48. The van der Waals surface area contributed by atoms with Crippen molar-refractivity contribution in [2.24, 2.45) is 10.8 Å². The molecule has 0 atom stereocenters. The quantitative estimate of drug-likeness (QED) is 0.381. The Morgan fingerprint density at radius 3 is 2.96 bits per heavy atom. The summed E-state index contributed by atoms with van der Waals surface area (Å²) in [6.07, 6.45) is 1.88. The van der Waals surface area contributed by atoms with Crippen molar-refractivity contribution in [1.82, 2.24) is 15.6 Å². The molecule has 0 radical (unpaired) electrons. The van der Waals surface area contributed by atoms with Gasteiger partial charge in [0.1, 0.15) is 5.01 Å². The fraction of sp³-hybridized carbons (Fsp3) is 0.0588. The molecule has 0 saturated heterocycles. The number of rotatable bonds is 4. The number of aromatic nitrogens is 2. The van der Waals surface area contributed by atoms with Crippen LogP contribution in [-0.2, 0) is 6.54 Å². The average Bonchev–Trinajstić information content (AvgIpc) is 3.30. The Labute approximate surface area is 147 Å². The van der Waals surface area contributed by atoms with Gasteiger partial charge < -0.3 is 5.32 Å². The first kappa shape index (κ1) is 15.4. The Kier molecular flexibility index (Phi) is 3.96. The molecule has 0 saturated carbocycles. The predicted octanol–water partition coefficient (Wildman–Crippen LogP) is 2.48. The van der Waals surface area contributed by atoms with Crippen molar-refractivity contribution in [2.75, 3.05) is 5.32 Å². The maximum atomic E-state index is 11.6. The van der Waals surface area contributed by atoms with Crippen molar-refractivity contribution in [3.63, 3.8) is 0 Å². The Hall–Kier alpha value is -3.10. The van der Waals surface area contributed by atoms with Gasteiger partial charge in [-0.1, -0.05) is 29.5 Å². The molecule has 4 N–H and O–H groups in total. The second-order valence-corrected chi connectivity index (χ2v) is 6.45. The fourth-order valence-corrected chi connectivity index (χ4v) is 3.33. The number of hydrogen-bond acceptors (Lipinski definition) is 7. The molecular formula is C17H14N6OS. The third-order valence-electron chi connectivity index (χ3n) is 3.82. The van der Waals surface area contributed by atoms with Gasteiger partial charge in [-0.25, -0.2) is 5.84 Å². The van der Waals surface area contributed by atoms with Gasteiger partial charge in [-0.2, -0.15) is 0 Å². The normalized spacial score (nSPS) is 12.0. The number of hydrogen-bond donors (Lipinski definition) is 3. The number of fused-ring (bicyclic) bond motifs is 1. The van der Waals surface area contributed by atoms with E-state index in [0.717, 1.165) is 28.4 Å². The number of amides is 1. The van der Waals surface area contributed by atoms with E-state index in [0.29, 0.717) is 10.7 Å². The van der Waals surface area contributed by atoms with E-state index < -0.39 is 0 Å². The van der Waals surface area contributed by atoms with E-state index in [1.54, 1.807) is 18.2 Å². The third-order valence-corrected chi connectivity index (χ3v) is 4.70. The van der Waals surface area contributed by atoms with Crippen LogP contribution in [0.1, 0.15) is 21.5 Å². The number of hydrazine groups is 1. The van der Waals surface area contributed by atoms with Crippen LogP contribution >= 0.6 is 11.3 Å².